The van der Waals surface area contributed by atoms with E-state index >= 15 is 0 Å². The van der Waals surface area contributed by atoms with Gasteiger partial charge in [-0.25, -0.2) is 0 Å². The van der Waals surface area contributed by atoms with E-state index in [0.717, 1.165) is 25.7 Å². The number of benzene rings is 1. The summed E-state index contributed by atoms with van der Waals surface area (Å²) in [6.45, 7) is 5.01. The van der Waals surface area contributed by atoms with Gasteiger partial charge in [0, 0.05) is 6.42 Å². The molecule has 3 N–H and O–H groups in total. The minimum Gasteiger partial charge on any atom is -0.349 e. The van der Waals surface area contributed by atoms with E-state index in [-0.39, 0.29) is 11.9 Å². The number of nitrogens with two attached hydrogens (primary N) is 1. The predicted molar refractivity (Wildman–Crippen MR) is 88.9 cm³/mol. The molecule has 0 aliphatic rings. The summed E-state index contributed by atoms with van der Waals surface area (Å²) >= 11 is 0. The lowest BCUT2D eigenvalue weighted by Gasteiger charge is -2.19. The Morgan fingerprint density at radius 1 is 1.14 bits per heavy atom. The molecule has 0 saturated heterocycles. The number of rotatable bonds is 10. The Morgan fingerprint density at radius 2 is 1.86 bits per heavy atom. The van der Waals surface area contributed by atoms with Gasteiger partial charge in [0.2, 0.25) is 5.91 Å². The second-order valence-corrected chi connectivity index (χ2v) is 5.71. The van der Waals surface area contributed by atoms with Crippen LogP contribution in [0.15, 0.2) is 30.3 Å². The highest BCUT2D eigenvalue weighted by Gasteiger charge is 2.14. The molecular weight excluding hydrogens is 260 g/mol. The topological polar surface area (TPSA) is 55.1 Å². The minimum atomic E-state index is 0.123. The number of hydrogen-bond acceptors (Lipinski definition) is 2. The lowest BCUT2D eigenvalue weighted by molar-refractivity contribution is -0.122. The first-order valence-corrected chi connectivity index (χ1v) is 8.25. The predicted octanol–water partition coefficient (Wildman–Crippen LogP) is 3.80. The highest BCUT2D eigenvalue weighted by molar-refractivity contribution is 5.76. The highest BCUT2D eigenvalue weighted by Crippen LogP contribution is 2.19. The van der Waals surface area contributed by atoms with E-state index in [1.165, 1.54) is 12.0 Å². The van der Waals surface area contributed by atoms with Crippen LogP contribution in [0.25, 0.3) is 0 Å². The molecule has 1 aromatic carbocycles. The molecule has 0 bridgehead atoms. The Labute approximate surface area is 129 Å². The molecule has 118 valence electrons. The average Bonchev–Trinajstić information content (AvgIpc) is 2.51. The van der Waals surface area contributed by atoms with Crippen LogP contribution in [0.3, 0.4) is 0 Å². The molecule has 1 amide bonds. The number of nitrogens with one attached hydrogen (secondary N) is 1. The van der Waals surface area contributed by atoms with Gasteiger partial charge in [0.15, 0.2) is 0 Å². The fourth-order valence-corrected chi connectivity index (χ4v) is 2.79. The normalized spacial score (nSPS) is 13.7. The maximum atomic E-state index is 12.2. The van der Waals surface area contributed by atoms with Crippen molar-refractivity contribution in [2.75, 3.05) is 6.54 Å². The average molecular weight is 290 g/mol. The van der Waals surface area contributed by atoms with Crippen molar-refractivity contribution in [2.45, 2.75) is 58.4 Å². The molecule has 3 nitrogen and oxygen atoms in total. The SMILES string of the molecule is CCCC(CCN)CCC(=O)NC(CC)c1ccccc1. The number of hydrogen-bond donors (Lipinski definition) is 2. The van der Waals surface area contributed by atoms with Gasteiger partial charge >= 0.3 is 0 Å². The van der Waals surface area contributed by atoms with Crippen molar-refractivity contribution in [3.63, 3.8) is 0 Å². The van der Waals surface area contributed by atoms with Gasteiger partial charge in [-0.3, -0.25) is 4.79 Å². The summed E-state index contributed by atoms with van der Waals surface area (Å²) in [5, 5.41) is 3.15. The molecule has 1 rings (SSSR count). The van der Waals surface area contributed by atoms with E-state index in [1.54, 1.807) is 0 Å². The summed E-state index contributed by atoms with van der Waals surface area (Å²) in [7, 11) is 0. The van der Waals surface area contributed by atoms with Gasteiger partial charge in [-0.2, -0.15) is 0 Å². The number of carbonyl (C=O) groups excluding carboxylic acids is 1. The fraction of sp³-hybridized carbons (Fsp3) is 0.611. The number of carbonyl (C=O) groups is 1. The molecule has 0 spiro atoms. The van der Waals surface area contributed by atoms with Crippen LogP contribution >= 0.6 is 0 Å². The molecule has 0 heterocycles. The standard InChI is InChI=1S/C18H30N2O/c1-3-8-15(13-14-19)11-12-18(21)20-17(4-2)16-9-6-5-7-10-16/h5-7,9-10,15,17H,3-4,8,11-14,19H2,1-2H3,(H,20,21). The van der Waals surface area contributed by atoms with Crippen molar-refractivity contribution >= 4 is 5.91 Å². The van der Waals surface area contributed by atoms with Crippen LogP contribution < -0.4 is 11.1 Å². The van der Waals surface area contributed by atoms with E-state index < -0.39 is 0 Å². The van der Waals surface area contributed by atoms with Gasteiger partial charge in [-0.05, 0) is 37.3 Å². The second-order valence-electron chi connectivity index (χ2n) is 5.71. The maximum Gasteiger partial charge on any atom is 0.220 e. The zero-order valence-electron chi connectivity index (χ0n) is 13.5. The van der Waals surface area contributed by atoms with Crippen LogP contribution in [0.5, 0.6) is 0 Å². The van der Waals surface area contributed by atoms with E-state index in [1.807, 2.05) is 18.2 Å². The Hall–Kier alpha value is -1.35. The number of amides is 1. The Kier molecular flexibility index (Phi) is 8.76. The van der Waals surface area contributed by atoms with Crippen molar-refractivity contribution < 1.29 is 4.79 Å². The van der Waals surface area contributed by atoms with E-state index in [2.05, 4.69) is 31.3 Å². The summed E-state index contributed by atoms with van der Waals surface area (Å²) in [5.74, 6) is 0.742. The van der Waals surface area contributed by atoms with Crippen LogP contribution in [0.1, 0.15) is 64.0 Å². The van der Waals surface area contributed by atoms with Crippen molar-refractivity contribution in [2.24, 2.45) is 11.7 Å². The van der Waals surface area contributed by atoms with Crippen molar-refractivity contribution in [1.29, 1.82) is 0 Å². The molecule has 0 aromatic heterocycles. The van der Waals surface area contributed by atoms with Crippen LogP contribution in [0, 0.1) is 5.92 Å². The zero-order chi connectivity index (χ0) is 15.5. The maximum absolute atomic E-state index is 12.2. The van der Waals surface area contributed by atoms with E-state index in [0.29, 0.717) is 18.9 Å². The molecule has 2 atom stereocenters. The molecule has 0 aliphatic heterocycles. The highest BCUT2D eigenvalue weighted by atomic mass is 16.1. The molecular formula is C18H30N2O. The summed E-state index contributed by atoms with van der Waals surface area (Å²) < 4.78 is 0. The minimum absolute atomic E-state index is 0.123. The fourth-order valence-electron chi connectivity index (χ4n) is 2.79. The first kappa shape index (κ1) is 17.7. The molecule has 21 heavy (non-hydrogen) atoms. The van der Waals surface area contributed by atoms with Gasteiger partial charge < -0.3 is 11.1 Å². The van der Waals surface area contributed by atoms with Gasteiger partial charge in [-0.15, -0.1) is 0 Å². The molecule has 2 unspecified atom stereocenters. The smallest absolute Gasteiger partial charge is 0.220 e. The van der Waals surface area contributed by atoms with E-state index in [4.69, 9.17) is 5.73 Å². The van der Waals surface area contributed by atoms with Crippen LogP contribution in [0.4, 0.5) is 0 Å². The first-order valence-electron chi connectivity index (χ1n) is 8.25. The van der Waals surface area contributed by atoms with Crippen molar-refractivity contribution in [1.82, 2.24) is 5.32 Å². The van der Waals surface area contributed by atoms with E-state index in [9.17, 15) is 4.79 Å². The third-order valence-electron chi connectivity index (χ3n) is 4.00. The third-order valence-corrected chi connectivity index (χ3v) is 4.00. The Balaban J connectivity index is 2.44. The molecule has 1 aromatic rings. The molecule has 3 heteroatoms. The van der Waals surface area contributed by atoms with Gasteiger partial charge in [0.05, 0.1) is 6.04 Å². The van der Waals surface area contributed by atoms with Gasteiger partial charge in [0.25, 0.3) is 0 Å². The molecule has 0 radical (unpaired) electrons. The molecule has 0 fully saturated rings. The lowest BCUT2D eigenvalue weighted by atomic mass is 9.94. The van der Waals surface area contributed by atoms with Crippen molar-refractivity contribution in [3.05, 3.63) is 35.9 Å². The molecule has 0 saturated carbocycles. The lowest BCUT2D eigenvalue weighted by Crippen LogP contribution is -2.28. The summed E-state index contributed by atoms with van der Waals surface area (Å²) in [6, 6.07) is 10.3. The van der Waals surface area contributed by atoms with Gasteiger partial charge in [-0.1, -0.05) is 57.0 Å². The summed E-state index contributed by atoms with van der Waals surface area (Å²) in [6.07, 6.45) is 5.82. The van der Waals surface area contributed by atoms with Crippen LogP contribution in [0.2, 0.25) is 0 Å². The Bertz CT molecular complexity index is 385. The quantitative estimate of drug-likeness (QED) is 0.688. The monoisotopic (exact) mass is 290 g/mol. The second kappa shape index (κ2) is 10.4. The largest absolute Gasteiger partial charge is 0.349 e. The zero-order valence-corrected chi connectivity index (χ0v) is 13.5. The van der Waals surface area contributed by atoms with Crippen LogP contribution in [-0.4, -0.2) is 12.5 Å². The van der Waals surface area contributed by atoms with Crippen molar-refractivity contribution in [3.8, 4) is 0 Å². The summed E-state index contributed by atoms with van der Waals surface area (Å²) in [5.41, 5.74) is 6.82. The first-order chi connectivity index (χ1) is 10.2. The van der Waals surface area contributed by atoms with Crippen LogP contribution in [-0.2, 0) is 4.79 Å². The molecule has 0 aliphatic carbocycles. The third kappa shape index (κ3) is 6.76. The Morgan fingerprint density at radius 3 is 2.43 bits per heavy atom. The van der Waals surface area contributed by atoms with Gasteiger partial charge in [0.1, 0.15) is 0 Å². The summed E-state index contributed by atoms with van der Waals surface area (Å²) in [4.78, 5) is 12.2.